The van der Waals surface area contributed by atoms with E-state index in [4.69, 9.17) is 5.73 Å². The highest BCUT2D eigenvalue weighted by Gasteiger charge is 2.25. The fraction of sp³-hybridized carbons (Fsp3) is 0.611. The molecular formula is C18H29N3O3S. The monoisotopic (exact) mass is 367 g/mol. The second kappa shape index (κ2) is 8.78. The zero-order valence-electron chi connectivity index (χ0n) is 15.1. The molecule has 0 radical (unpaired) electrons. The van der Waals surface area contributed by atoms with Crippen molar-refractivity contribution in [2.75, 3.05) is 32.7 Å². The number of likely N-dealkylation sites (tertiary alicyclic amines) is 1. The Bertz CT molecular complexity index is 669. The number of hydrogen-bond donors (Lipinski definition) is 1. The molecule has 1 fully saturated rings. The maximum atomic E-state index is 12.5. The van der Waals surface area contributed by atoms with E-state index in [-0.39, 0.29) is 5.91 Å². The molecule has 1 aromatic carbocycles. The summed E-state index contributed by atoms with van der Waals surface area (Å²) in [5, 5.41) is 0. The van der Waals surface area contributed by atoms with Gasteiger partial charge in [-0.3, -0.25) is 4.79 Å². The molecule has 1 aromatic rings. The van der Waals surface area contributed by atoms with Gasteiger partial charge in [0.1, 0.15) is 0 Å². The van der Waals surface area contributed by atoms with Crippen molar-refractivity contribution in [2.45, 2.75) is 38.0 Å². The Hall–Kier alpha value is -1.44. The van der Waals surface area contributed by atoms with E-state index in [9.17, 15) is 13.2 Å². The minimum atomic E-state index is -3.43. The average molecular weight is 368 g/mol. The van der Waals surface area contributed by atoms with Gasteiger partial charge in [0.15, 0.2) is 0 Å². The molecule has 1 saturated heterocycles. The molecule has 0 spiro atoms. The van der Waals surface area contributed by atoms with Crippen LogP contribution < -0.4 is 5.73 Å². The molecule has 140 valence electrons. The van der Waals surface area contributed by atoms with Crippen molar-refractivity contribution in [3.05, 3.63) is 29.8 Å². The van der Waals surface area contributed by atoms with Crippen LogP contribution in [0.4, 0.5) is 0 Å². The lowest BCUT2D eigenvalue weighted by molar-refractivity contribution is -0.130. The summed E-state index contributed by atoms with van der Waals surface area (Å²) in [6.45, 7) is 6.75. The highest BCUT2D eigenvalue weighted by molar-refractivity contribution is 7.89. The van der Waals surface area contributed by atoms with Gasteiger partial charge < -0.3 is 10.6 Å². The first-order chi connectivity index (χ1) is 11.9. The zero-order valence-corrected chi connectivity index (χ0v) is 16.0. The normalized spacial score (nSPS) is 18.1. The lowest BCUT2D eigenvalue weighted by atomic mass is 10.1. The molecule has 0 saturated carbocycles. The Morgan fingerprint density at radius 1 is 1.24 bits per heavy atom. The summed E-state index contributed by atoms with van der Waals surface area (Å²) in [6.07, 6.45) is 2.05. The number of amides is 1. The molecule has 1 amide bonds. The molecule has 0 aromatic heterocycles. The molecule has 1 atom stereocenters. The Labute approximate surface area is 151 Å². The molecule has 6 nitrogen and oxygen atoms in total. The van der Waals surface area contributed by atoms with Crippen molar-refractivity contribution in [3.63, 3.8) is 0 Å². The van der Waals surface area contributed by atoms with Crippen LogP contribution in [0, 0.1) is 5.92 Å². The molecule has 1 heterocycles. The summed E-state index contributed by atoms with van der Waals surface area (Å²) in [6, 6.07) is 6.87. The summed E-state index contributed by atoms with van der Waals surface area (Å²) >= 11 is 0. The summed E-state index contributed by atoms with van der Waals surface area (Å²) < 4.78 is 26.4. The summed E-state index contributed by atoms with van der Waals surface area (Å²) in [7, 11) is -3.43. The summed E-state index contributed by atoms with van der Waals surface area (Å²) in [5.74, 6) is 0.573. The third-order valence-electron chi connectivity index (χ3n) is 4.87. The Morgan fingerprint density at radius 3 is 2.40 bits per heavy atom. The lowest BCUT2D eigenvalue weighted by Gasteiger charge is -2.18. The van der Waals surface area contributed by atoms with Gasteiger partial charge in [0.2, 0.25) is 15.9 Å². The van der Waals surface area contributed by atoms with Crippen molar-refractivity contribution < 1.29 is 13.2 Å². The Kier molecular flexibility index (Phi) is 6.98. The van der Waals surface area contributed by atoms with E-state index >= 15 is 0 Å². The van der Waals surface area contributed by atoms with Gasteiger partial charge in [0.25, 0.3) is 0 Å². The minimum Gasteiger partial charge on any atom is -0.342 e. The number of nitrogens with two attached hydrogens (primary N) is 1. The largest absolute Gasteiger partial charge is 0.342 e. The van der Waals surface area contributed by atoms with Crippen LogP contribution in [-0.4, -0.2) is 56.3 Å². The van der Waals surface area contributed by atoms with Gasteiger partial charge in [0.05, 0.1) is 4.90 Å². The quantitative estimate of drug-likeness (QED) is 0.754. The van der Waals surface area contributed by atoms with Gasteiger partial charge in [-0.05, 0) is 43.0 Å². The molecular weight excluding hydrogens is 338 g/mol. The van der Waals surface area contributed by atoms with Crippen LogP contribution >= 0.6 is 0 Å². The number of benzene rings is 1. The third-order valence-corrected chi connectivity index (χ3v) is 6.93. The first-order valence-electron chi connectivity index (χ1n) is 8.99. The summed E-state index contributed by atoms with van der Waals surface area (Å²) in [5.41, 5.74) is 6.63. The standard InChI is InChI=1S/C18H29N3O3S/c1-3-21(4-2)25(23,24)17-8-5-15(6-9-17)7-10-18(22)20-12-11-16(13-19)14-20/h5-6,8-9,16H,3-4,7,10-14,19H2,1-2H3. The van der Waals surface area contributed by atoms with Crippen molar-refractivity contribution in [3.8, 4) is 0 Å². The van der Waals surface area contributed by atoms with Crippen molar-refractivity contribution >= 4 is 15.9 Å². The smallest absolute Gasteiger partial charge is 0.243 e. The fourth-order valence-corrected chi connectivity index (χ4v) is 4.66. The van der Waals surface area contributed by atoms with Gasteiger partial charge in [-0.2, -0.15) is 4.31 Å². The maximum Gasteiger partial charge on any atom is 0.243 e. The highest BCUT2D eigenvalue weighted by Crippen LogP contribution is 2.19. The van der Waals surface area contributed by atoms with Gasteiger partial charge in [0, 0.05) is 32.6 Å². The van der Waals surface area contributed by atoms with E-state index in [2.05, 4.69) is 0 Å². The molecule has 1 unspecified atom stereocenters. The van der Waals surface area contributed by atoms with Crippen LogP contribution in [0.25, 0.3) is 0 Å². The molecule has 2 rings (SSSR count). The number of sulfonamides is 1. The van der Waals surface area contributed by atoms with Crippen LogP contribution in [-0.2, 0) is 21.2 Å². The van der Waals surface area contributed by atoms with Gasteiger partial charge in [-0.1, -0.05) is 26.0 Å². The van der Waals surface area contributed by atoms with E-state index in [1.807, 2.05) is 18.7 Å². The number of carbonyl (C=O) groups is 1. The van der Waals surface area contributed by atoms with E-state index in [1.54, 1.807) is 24.3 Å². The number of nitrogens with zero attached hydrogens (tertiary/aromatic N) is 2. The molecule has 0 aliphatic carbocycles. The van der Waals surface area contributed by atoms with Crippen molar-refractivity contribution in [1.29, 1.82) is 0 Å². The van der Waals surface area contributed by atoms with Crippen molar-refractivity contribution in [2.24, 2.45) is 11.7 Å². The van der Waals surface area contributed by atoms with E-state index < -0.39 is 10.0 Å². The van der Waals surface area contributed by atoms with Gasteiger partial charge in [-0.15, -0.1) is 0 Å². The Balaban J connectivity index is 1.93. The first kappa shape index (κ1) is 19.9. The van der Waals surface area contributed by atoms with Crippen molar-refractivity contribution in [1.82, 2.24) is 9.21 Å². The molecule has 0 bridgehead atoms. The van der Waals surface area contributed by atoms with Gasteiger partial charge in [-0.25, -0.2) is 8.42 Å². The molecule has 7 heteroatoms. The molecule has 1 aliphatic heterocycles. The van der Waals surface area contributed by atoms with Crippen LogP contribution in [0.5, 0.6) is 0 Å². The third kappa shape index (κ3) is 4.80. The van der Waals surface area contributed by atoms with E-state index in [0.29, 0.717) is 43.3 Å². The fourth-order valence-electron chi connectivity index (χ4n) is 3.20. The summed E-state index contributed by atoms with van der Waals surface area (Å²) in [4.78, 5) is 14.4. The molecule has 2 N–H and O–H groups in total. The topological polar surface area (TPSA) is 83.7 Å². The number of aryl methyl sites for hydroxylation is 1. The predicted octanol–water partition coefficient (Wildman–Crippen LogP) is 1.46. The maximum absolute atomic E-state index is 12.5. The van der Waals surface area contributed by atoms with Gasteiger partial charge >= 0.3 is 0 Å². The minimum absolute atomic E-state index is 0.149. The molecule has 1 aliphatic rings. The highest BCUT2D eigenvalue weighted by atomic mass is 32.2. The van der Waals surface area contributed by atoms with Crippen LogP contribution in [0.15, 0.2) is 29.2 Å². The zero-order chi connectivity index (χ0) is 18.4. The number of carbonyl (C=O) groups excluding carboxylic acids is 1. The SMILES string of the molecule is CCN(CC)S(=O)(=O)c1ccc(CCC(=O)N2CCC(CN)C2)cc1. The molecule has 25 heavy (non-hydrogen) atoms. The predicted molar refractivity (Wildman–Crippen MR) is 98.6 cm³/mol. The number of hydrogen-bond acceptors (Lipinski definition) is 4. The first-order valence-corrected chi connectivity index (χ1v) is 10.4. The van der Waals surface area contributed by atoms with E-state index in [0.717, 1.165) is 25.1 Å². The number of rotatable bonds is 8. The lowest BCUT2D eigenvalue weighted by Crippen LogP contribution is -2.30. The van der Waals surface area contributed by atoms with Crippen LogP contribution in [0.2, 0.25) is 0 Å². The van der Waals surface area contributed by atoms with Crippen LogP contribution in [0.1, 0.15) is 32.3 Å². The average Bonchev–Trinajstić information content (AvgIpc) is 3.10. The van der Waals surface area contributed by atoms with E-state index in [1.165, 1.54) is 4.31 Å². The second-order valence-corrected chi connectivity index (χ2v) is 8.40. The Morgan fingerprint density at radius 2 is 1.88 bits per heavy atom. The second-order valence-electron chi connectivity index (χ2n) is 6.46. The van der Waals surface area contributed by atoms with Crippen LogP contribution in [0.3, 0.4) is 0 Å².